The van der Waals surface area contributed by atoms with Crippen molar-refractivity contribution in [1.82, 2.24) is 5.32 Å². The highest BCUT2D eigenvalue weighted by Gasteiger charge is 2.08. The molecule has 0 aliphatic carbocycles. The Bertz CT molecular complexity index is 775. The number of rotatable bonds is 9. The molecule has 0 radical (unpaired) electrons. The largest absolute Gasteiger partial charge is 0.491 e. The van der Waals surface area contributed by atoms with Crippen molar-refractivity contribution >= 4 is 23.2 Å². The number of carbonyl (C=O) groups excluding carboxylic acids is 2. The maximum Gasteiger partial charge on any atom is 0.251 e. The molecule has 0 saturated carbocycles. The Balaban J connectivity index is 1.90. The van der Waals surface area contributed by atoms with Crippen LogP contribution in [0.3, 0.4) is 0 Å². The van der Waals surface area contributed by atoms with Gasteiger partial charge in [0, 0.05) is 29.5 Å². The van der Waals surface area contributed by atoms with Crippen molar-refractivity contribution in [2.24, 2.45) is 0 Å². The van der Waals surface area contributed by atoms with Crippen molar-refractivity contribution in [1.29, 1.82) is 0 Å². The van der Waals surface area contributed by atoms with Crippen molar-refractivity contribution in [3.63, 3.8) is 0 Å². The van der Waals surface area contributed by atoms with Gasteiger partial charge in [0.15, 0.2) is 0 Å². The van der Waals surface area contributed by atoms with E-state index in [-0.39, 0.29) is 24.5 Å². The summed E-state index contributed by atoms with van der Waals surface area (Å²) in [5.74, 6) is 0.408. The lowest BCUT2D eigenvalue weighted by Gasteiger charge is -2.12. The van der Waals surface area contributed by atoms with Gasteiger partial charge in [-0.05, 0) is 50.6 Å². The first-order valence-corrected chi connectivity index (χ1v) is 9.16. The second kappa shape index (κ2) is 10.2. The van der Waals surface area contributed by atoms with Crippen LogP contribution in [0.4, 0.5) is 11.4 Å². The van der Waals surface area contributed by atoms with Crippen LogP contribution in [-0.4, -0.2) is 31.0 Å². The van der Waals surface area contributed by atoms with E-state index in [1.807, 2.05) is 45.0 Å². The van der Waals surface area contributed by atoms with E-state index in [9.17, 15) is 9.59 Å². The zero-order valence-electron chi connectivity index (χ0n) is 16.0. The number of hydrogen-bond acceptors (Lipinski definition) is 4. The van der Waals surface area contributed by atoms with E-state index in [4.69, 9.17) is 4.74 Å². The lowest BCUT2D eigenvalue weighted by atomic mass is 10.2. The topological polar surface area (TPSA) is 79.5 Å². The first kappa shape index (κ1) is 20.3. The van der Waals surface area contributed by atoms with Gasteiger partial charge in [0.2, 0.25) is 5.91 Å². The predicted octanol–water partition coefficient (Wildman–Crippen LogP) is 3.66. The molecule has 0 atom stereocenters. The average molecular weight is 369 g/mol. The van der Waals surface area contributed by atoms with Gasteiger partial charge in [-0.2, -0.15) is 0 Å². The van der Waals surface area contributed by atoms with Gasteiger partial charge < -0.3 is 20.7 Å². The summed E-state index contributed by atoms with van der Waals surface area (Å²) in [6, 6.07) is 14.4. The summed E-state index contributed by atoms with van der Waals surface area (Å²) < 4.78 is 5.64. The van der Waals surface area contributed by atoms with Crippen molar-refractivity contribution in [3.05, 3.63) is 54.1 Å². The molecule has 0 bridgehead atoms. The van der Waals surface area contributed by atoms with Crippen LogP contribution in [0.2, 0.25) is 0 Å². The molecule has 0 spiro atoms. The summed E-state index contributed by atoms with van der Waals surface area (Å²) in [5, 5.41) is 8.69. The Kier molecular flexibility index (Phi) is 7.67. The molecular weight excluding hydrogens is 342 g/mol. The second-order valence-electron chi connectivity index (χ2n) is 6.43. The Labute approximate surface area is 160 Å². The number of anilines is 2. The highest BCUT2D eigenvalue weighted by atomic mass is 16.5. The molecule has 27 heavy (non-hydrogen) atoms. The maximum atomic E-state index is 12.2. The molecule has 0 aromatic heterocycles. The van der Waals surface area contributed by atoms with E-state index in [0.717, 1.165) is 17.9 Å². The van der Waals surface area contributed by atoms with Gasteiger partial charge in [-0.15, -0.1) is 0 Å². The molecule has 2 amide bonds. The number of benzene rings is 2. The first-order chi connectivity index (χ1) is 13.0. The third-order valence-electron chi connectivity index (χ3n) is 3.60. The number of nitrogens with one attached hydrogen (secondary N) is 3. The molecule has 2 aromatic carbocycles. The molecular formula is C21H27N3O3. The third-order valence-corrected chi connectivity index (χ3v) is 3.60. The van der Waals surface area contributed by atoms with Crippen molar-refractivity contribution in [3.8, 4) is 5.75 Å². The summed E-state index contributed by atoms with van der Waals surface area (Å²) >= 11 is 0. The summed E-state index contributed by atoms with van der Waals surface area (Å²) in [6.07, 6.45) is 0.961. The quantitative estimate of drug-likeness (QED) is 0.630. The number of amides is 2. The van der Waals surface area contributed by atoms with Gasteiger partial charge in [-0.3, -0.25) is 9.59 Å². The van der Waals surface area contributed by atoms with Crippen LogP contribution in [0.25, 0.3) is 0 Å². The number of hydrogen-bond donors (Lipinski definition) is 3. The van der Waals surface area contributed by atoms with E-state index in [1.165, 1.54) is 0 Å². The minimum Gasteiger partial charge on any atom is -0.491 e. The lowest BCUT2D eigenvalue weighted by Crippen LogP contribution is -2.24. The van der Waals surface area contributed by atoms with Crippen molar-refractivity contribution in [2.75, 3.05) is 23.7 Å². The van der Waals surface area contributed by atoms with Gasteiger partial charge in [0.1, 0.15) is 5.75 Å². The molecule has 0 unspecified atom stereocenters. The van der Waals surface area contributed by atoms with Crippen LogP contribution in [0.5, 0.6) is 5.75 Å². The summed E-state index contributed by atoms with van der Waals surface area (Å²) in [5.41, 5.74) is 1.91. The highest BCUT2D eigenvalue weighted by Crippen LogP contribution is 2.18. The Hall–Kier alpha value is -3.02. The standard InChI is InChI=1S/C21H27N3O3/c1-4-11-22-21(26)16-7-5-9-18(12-16)24-20(25)14-23-17-8-6-10-19(13-17)27-15(2)3/h5-10,12-13,15,23H,4,11,14H2,1-3H3,(H,22,26)(H,24,25). The summed E-state index contributed by atoms with van der Waals surface area (Å²) in [7, 11) is 0. The molecule has 0 fully saturated rings. The monoisotopic (exact) mass is 369 g/mol. The smallest absolute Gasteiger partial charge is 0.251 e. The molecule has 2 aromatic rings. The van der Waals surface area contributed by atoms with Gasteiger partial charge >= 0.3 is 0 Å². The molecule has 2 rings (SSSR count). The van der Waals surface area contributed by atoms with E-state index >= 15 is 0 Å². The van der Waals surface area contributed by atoms with E-state index in [2.05, 4.69) is 16.0 Å². The summed E-state index contributed by atoms with van der Waals surface area (Å²) in [4.78, 5) is 24.2. The number of ether oxygens (including phenoxy) is 1. The van der Waals surface area contributed by atoms with Crippen LogP contribution in [0, 0.1) is 0 Å². The molecule has 0 aliphatic rings. The first-order valence-electron chi connectivity index (χ1n) is 9.16. The van der Waals surface area contributed by atoms with E-state index in [0.29, 0.717) is 17.8 Å². The maximum absolute atomic E-state index is 12.2. The van der Waals surface area contributed by atoms with Crippen molar-refractivity contribution < 1.29 is 14.3 Å². The second-order valence-corrected chi connectivity index (χ2v) is 6.43. The van der Waals surface area contributed by atoms with Gasteiger partial charge in [-0.25, -0.2) is 0 Å². The Morgan fingerprint density at radius 2 is 1.78 bits per heavy atom. The average Bonchev–Trinajstić information content (AvgIpc) is 2.64. The van der Waals surface area contributed by atoms with E-state index < -0.39 is 0 Å². The van der Waals surface area contributed by atoms with Crippen LogP contribution < -0.4 is 20.7 Å². The molecule has 6 nitrogen and oxygen atoms in total. The number of carbonyl (C=O) groups is 2. The zero-order valence-corrected chi connectivity index (χ0v) is 16.0. The SMILES string of the molecule is CCCNC(=O)c1cccc(NC(=O)CNc2cccc(OC(C)C)c2)c1. The highest BCUT2D eigenvalue weighted by molar-refractivity contribution is 5.98. The predicted molar refractivity (Wildman–Crippen MR) is 108 cm³/mol. The summed E-state index contributed by atoms with van der Waals surface area (Å²) in [6.45, 7) is 6.65. The third kappa shape index (κ3) is 7.01. The molecule has 144 valence electrons. The zero-order chi connectivity index (χ0) is 19.6. The van der Waals surface area contributed by atoms with Gasteiger partial charge in [0.25, 0.3) is 5.91 Å². The fourth-order valence-corrected chi connectivity index (χ4v) is 2.42. The van der Waals surface area contributed by atoms with Crippen LogP contribution in [0.15, 0.2) is 48.5 Å². The normalized spacial score (nSPS) is 10.4. The fraction of sp³-hybridized carbons (Fsp3) is 0.333. The van der Waals surface area contributed by atoms with Gasteiger partial charge in [0.05, 0.1) is 12.6 Å². The molecule has 6 heteroatoms. The Morgan fingerprint density at radius 1 is 1.04 bits per heavy atom. The van der Waals surface area contributed by atoms with Gasteiger partial charge in [-0.1, -0.05) is 19.1 Å². The minimum atomic E-state index is -0.198. The van der Waals surface area contributed by atoms with Crippen LogP contribution >= 0.6 is 0 Å². The van der Waals surface area contributed by atoms with Crippen molar-refractivity contribution in [2.45, 2.75) is 33.3 Å². The minimum absolute atomic E-state index is 0.0883. The lowest BCUT2D eigenvalue weighted by molar-refractivity contribution is -0.114. The molecule has 3 N–H and O–H groups in total. The van der Waals surface area contributed by atoms with Crippen LogP contribution in [0.1, 0.15) is 37.6 Å². The molecule has 0 saturated heterocycles. The van der Waals surface area contributed by atoms with Crippen LogP contribution in [-0.2, 0) is 4.79 Å². The van der Waals surface area contributed by atoms with E-state index in [1.54, 1.807) is 24.3 Å². The Morgan fingerprint density at radius 3 is 2.52 bits per heavy atom. The molecule has 0 aliphatic heterocycles. The fourth-order valence-electron chi connectivity index (χ4n) is 2.42. The molecule has 0 heterocycles.